The molecule has 0 atom stereocenters. The lowest BCUT2D eigenvalue weighted by Gasteiger charge is -2.26. The van der Waals surface area contributed by atoms with E-state index in [4.69, 9.17) is 4.74 Å². The zero-order valence-electron chi connectivity index (χ0n) is 16.6. The lowest BCUT2D eigenvalue weighted by molar-refractivity contribution is 0.0369. The van der Waals surface area contributed by atoms with Crippen LogP contribution in [0.4, 0.5) is 5.13 Å². The highest BCUT2D eigenvalue weighted by Crippen LogP contribution is 2.27. The highest BCUT2D eigenvalue weighted by atomic mass is 32.1. The molecule has 152 valence electrons. The molecule has 1 saturated heterocycles. The Kier molecular flexibility index (Phi) is 6.39. The number of anilines is 1. The molecule has 2 aromatic heterocycles. The van der Waals surface area contributed by atoms with E-state index in [1.165, 1.54) is 11.3 Å². The Bertz CT molecular complexity index is 931. The number of thiazole rings is 1. The summed E-state index contributed by atoms with van der Waals surface area (Å²) in [7, 11) is 0. The average Bonchev–Trinajstić information content (AvgIpc) is 3.38. The van der Waals surface area contributed by atoms with Crippen molar-refractivity contribution in [2.75, 3.05) is 38.2 Å². The maximum Gasteiger partial charge on any atom is 0.259 e. The molecule has 1 aliphatic heterocycles. The van der Waals surface area contributed by atoms with Crippen molar-refractivity contribution >= 4 is 22.4 Å². The van der Waals surface area contributed by atoms with Gasteiger partial charge in [-0.05, 0) is 25.0 Å². The average molecular weight is 411 g/mol. The molecule has 0 radical (unpaired) electrons. The first-order valence-electron chi connectivity index (χ1n) is 9.99. The van der Waals surface area contributed by atoms with Crippen molar-refractivity contribution in [1.82, 2.24) is 14.5 Å². The zero-order valence-corrected chi connectivity index (χ0v) is 17.5. The van der Waals surface area contributed by atoms with Gasteiger partial charge in [0.15, 0.2) is 5.13 Å². The van der Waals surface area contributed by atoms with Gasteiger partial charge in [0.25, 0.3) is 5.91 Å². The predicted octanol–water partition coefficient (Wildman–Crippen LogP) is 3.89. The fraction of sp³-hybridized carbons (Fsp3) is 0.364. The van der Waals surface area contributed by atoms with Crippen LogP contribution in [0.3, 0.4) is 0 Å². The quantitative estimate of drug-likeness (QED) is 0.642. The lowest BCUT2D eigenvalue weighted by Crippen LogP contribution is -2.37. The van der Waals surface area contributed by atoms with Crippen LogP contribution in [0, 0.1) is 6.92 Å². The first-order valence-corrected chi connectivity index (χ1v) is 10.9. The number of hydrogen-bond donors (Lipinski definition) is 1. The van der Waals surface area contributed by atoms with Crippen molar-refractivity contribution < 1.29 is 9.53 Å². The minimum Gasteiger partial charge on any atom is -0.379 e. The molecule has 1 aromatic carbocycles. The second-order valence-corrected chi connectivity index (χ2v) is 8.04. The molecule has 1 N–H and O–H groups in total. The van der Waals surface area contributed by atoms with Gasteiger partial charge < -0.3 is 9.30 Å². The maximum atomic E-state index is 12.9. The summed E-state index contributed by atoms with van der Waals surface area (Å²) in [4.78, 5) is 19.5. The van der Waals surface area contributed by atoms with Crippen LogP contribution in [-0.4, -0.2) is 53.2 Å². The number of rotatable bonds is 7. The fourth-order valence-electron chi connectivity index (χ4n) is 3.74. The molecule has 0 aliphatic carbocycles. The van der Waals surface area contributed by atoms with Crippen LogP contribution < -0.4 is 5.32 Å². The third-order valence-electron chi connectivity index (χ3n) is 5.29. The summed E-state index contributed by atoms with van der Waals surface area (Å²) in [5.41, 5.74) is 3.88. The van der Waals surface area contributed by atoms with E-state index in [-0.39, 0.29) is 5.91 Å². The van der Waals surface area contributed by atoms with Crippen LogP contribution in [0.15, 0.2) is 48.0 Å². The van der Waals surface area contributed by atoms with E-state index in [1.807, 2.05) is 36.6 Å². The summed E-state index contributed by atoms with van der Waals surface area (Å²) in [5.74, 6) is -0.110. The van der Waals surface area contributed by atoms with E-state index < -0.39 is 0 Å². The Morgan fingerprint density at radius 1 is 1.21 bits per heavy atom. The van der Waals surface area contributed by atoms with Crippen molar-refractivity contribution in [1.29, 1.82) is 0 Å². The maximum absolute atomic E-state index is 12.9. The number of amides is 1. The van der Waals surface area contributed by atoms with Gasteiger partial charge in [-0.25, -0.2) is 4.98 Å². The van der Waals surface area contributed by atoms with Crippen LogP contribution in [0.2, 0.25) is 0 Å². The zero-order chi connectivity index (χ0) is 20.1. The Balaban J connectivity index is 1.55. The number of carbonyl (C=O) groups excluding carboxylic acids is 1. The van der Waals surface area contributed by atoms with Crippen molar-refractivity contribution in [2.24, 2.45) is 0 Å². The molecule has 1 fully saturated rings. The summed E-state index contributed by atoms with van der Waals surface area (Å²) in [6.45, 7) is 7.57. The molecule has 4 rings (SSSR count). The minimum atomic E-state index is -0.110. The standard InChI is InChI=1S/C22H26N4O2S/c1-17-19(21(27)24-22-23-8-15-29-22)16-20(18-6-3-2-4-7-18)26(17)10-5-9-25-11-13-28-14-12-25/h2-4,6-8,15-16H,5,9-14H2,1H3,(H,23,24,27). The number of nitrogens with zero attached hydrogens (tertiary/aromatic N) is 3. The smallest absolute Gasteiger partial charge is 0.259 e. The van der Waals surface area contributed by atoms with Gasteiger partial charge in [0.05, 0.1) is 18.8 Å². The number of carbonyl (C=O) groups is 1. The fourth-order valence-corrected chi connectivity index (χ4v) is 4.26. The monoisotopic (exact) mass is 410 g/mol. The van der Waals surface area contributed by atoms with Gasteiger partial charge in [0, 0.05) is 49.1 Å². The largest absolute Gasteiger partial charge is 0.379 e. The first-order chi connectivity index (χ1) is 14.2. The molecular formula is C22H26N4O2S. The van der Waals surface area contributed by atoms with E-state index in [9.17, 15) is 4.79 Å². The molecule has 29 heavy (non-hydrogen) atoms. The second kappa shape index (κ2) is 9.35. The first kappa shape index (κ1) is 19.8. The SMILES string of the molecule is Cc1c(C(=O)Nc2nccs2)cc(-c2ccccc2)n1CCCN1CCOCC1. The number of ether oxygens (including phenoxy) is 1. The normalized spacial score (nSPS) is 14.8. The van der Waals surface area contributed by atoms with Gasteiger partial charge in [0.1, 0.15) is 0 Å². The third-order valence-corrected chi connectivity index (χ3v) is 5.98. The van der Waals surface area contributed by atoms with Gasteiger partial charge >= 0.3 is 0 Å². The van der Waals surface area contributed by atoms with Crippen molar-refractivity contribution in [3.63, 3.8) is 0 Å². The number of nitrogens with one attached hydrogen (secondary N) is 1. The molecular weight excluding hydrogens is 384 g/mol. The summed E-state index contributed by atoms with van der Waals surface area (Å²) >= 11 is 1.42. The lowest BCUT2D eigenvalue weighted by atomic mass is 10.1. The van der Waals surface area contributed by atoms with E-state index in [0.29, 0.717) is 10.7 Å². The Hall–Kier alpha value is -2.48. The van der Waals surface area contributed by atoms with Crippen molar-refractivity contribution in [3.05, 3.63) is 59.2 Å². The van der Waals surface area contributed by atoms with Crippen LogP contribution in [0.5, 0.6) is 0 Å². The minimum absolute atomic E-state index is 0.110. The van der Waals surface area contributed by atoms with Gasteiger partial charge in [-0.1, -0.05) is 30.3 Å². The van der Waals surface area contributed by atoms with E-state index >= 15 is 0 Å². The number of benzene rings is 1. The molecule has 7 heteroatoms. The predicted molar refractivity (Wildman–Crippen MR) is 117 cm³/mol. The van der Waals surface area contributed by atoms with Crippen LogP contribution >= 0.6 is 11.3 Å². The van der Waals surface area contributed by atoms with Crippen LogP contribution in [-0.2, 0) is 11.3 Å². The molecule has 0 unspecified atom stereocenters. The molecule has 3 heterocycles. The van der Waals surface area contributed by atoms with Gasteiger partial charge in [-0.2, -0.15) is 0 Å². The van der Waals surface area contributed by atoms with Gasteiger partial charge in [-0.15, -0.1) is 11.3 Å². The third kappa shape index (κ3) is 4.75. The molecule has 6 nitrogen and oxygen atoms in total. The highest BCUT2D eigenvalue weighted by Gasteiger charge is 2.19. The summed E-state index contributed by atoms with van der Waals surface area (Å²) in [5, 5.41) is 5.39. The second-order valence-electron chi connectivity index (χ2n) is 7.15. The van der Waals surface area contributed by atoms with Crippen molar-refractivity contribution in [2.45, 2.75) is 19.9 Å². The van der Waals surface area contributed by atoms with E-state index in [2.05, 4.69) is 31.9 Å². The Labute approximate surface area is 175 Å². The molecule has 0 spiro atoms. The van der Waals surface area contributed by atoms with Gasteiger partial charge in [-0.3, -0.25) is 15.0 Å². The van der Waals surface area contributed by atoms with Crippen molar-refractivity contribution in [3.8, 4) is 11.3 Å². The number of hydrogen-bond acceptors (Lipinski definition) is 5. The summed E-state index contributed by atoms with van der Waals surface area (Å²) in [6, 6.07) is 12.3. The molecule has 0 saturated carbocycles. The number of aromatic nitrogens is 2. The summed E-state index contributed by atoms with van der Waals surface area (Å²) < 4.78 is 7.71. The molecule has 1 aliphatic rings. The molecule has 0 bridgehead atoms. The number of morpholine rings is 1. The topological polar surface area (TPSA) is 59.4 Å². The highest BCUT2D eigenvalue weighted by molar-refractivity contribution is 7.13. The summed E-state index contributed by atoms with van der Waals surface area (Å²) in [6.07, 6.45) is 2.72. The Morgan fingerprint density at radius 3 is 2.72 bits per heavy atom. The van der Waals surface area contributed by atoms with Crippen LogP contribution in [0.1, 0.15) is 22.5 Å². The van der Waals surface area contributed by atoms with E-state index in [0.717, 1.165) is 62.8 Å². The van der Waals surface area contributed by atoms with Crippen LogP contribution in [0.25, 0.3) is 11.3 Å². The molecule has 3 aromatic rings. The molecule has 1 amide bonds. The Morgan fingerprint density at radius 2 is 2.00 bits per heavy atom. The van der Waals surface area contributed by atoms with Gasteiger partial charge in [0.2, 0.25) is 0 Å². The van der Waals surface area contributed by atoms with E-state index in [1.54, 1.807) is 6.20 Å².